The zero-order chi connectivity index (χ0) is 16.1. The maximum Gasteiger partial charge on any atom is 0.416 e. The van der Waals surface area contributed by atoms with Crippen LogP contribution >= 0.6 is 0 Å². The molecular weight excluding hydrogens is 311 g/mol. The van der Waals surface area contributed by atoms with E-state index in [9.17, 15) is 26.4 Å². The third kappa shape index (κ3) is 6.13. The van der Waals surface area contributed by atoms with E-state index < -0.39 is 33.5 Å². The Hall–Kier alpha value is -1.61. The van der Waals surface area contributed by atoms with Crippen LogP contribution in [0.5, 0.6) is 0 Å². The highest BCUT2D eigenvalue weighted by Gasteiger charge is 2.33. The number of rotatable bonds is 7. The van der Waals surface area contributed by atoms with Gasteiger partial charge in [0, 0.05) is 13.0 Å². The number of carbonyl (C=O) groups is 1. The summed E-state index contributed by atoms with van der Waals surface area (Å²) in [4.78, 5) is 10.3. The van der Waals surface area contributed by atoms with E-state index in [1.807, 2.05) is 0 Å². The Morgan fingerprint density at radius 3 is 2.43 bits per heavy atom. The molecule has 2 N–H and O–H groups in total. The summed E-state index contributed by atoms with van der Waals surface area (Å²) >= 11 is 0. The third-order valence-corrected chi connectivity index (χ3v) is 3.89. The number of alkyl halides is 3. The fourth-order valence-corrected chi connectivity index (χ4v) is 2.86. The number of carboxylic acid groups (broad SMARTS) is 1. The molecule has 1 rings (SSSR count). The van der Waals surface area contributed by atoms with Crippen molar-refractivity contribution in [2.45, 2.75) is 24.8 Å². The first-order valence-corrected chi connectivity index (χ1v) is 7.61. The Kier molecular flexibility index (Phi) is 5.73. The maximum absolute atomic E-state index is 12.7. The molecule has 0 spiro atoms. The van der Waals surface area contributed by atoms with Crippen LogP contribution in [0.4, 0.5) is 13.2 Å². The predicted molar refractivity (Wildman–Crippen MR) is 68.9 cm³/mol. The van der Waals surface area contributed by atoms with E-state index in [2.05, 4.69) is 4.72 Å². The van der Waals surface area contributed by atoms with Crippen molar-refractivity contribution in [3.63, 3.8) is 0 Å². The van der Waals surface area contributed by atoms with Gasteiger partial charge < -0.3 is 5.11 Å². The highest BCUT2D eigenvalue weighted by Crippen LogP contribution is 2.32. The minimum atomic E-state index is -4.63. The van der Waals surface area contributed by atoms with Crippen LogP contribution in [0.3, 0.4) is 0 Å². The first-order valence-electron chi connectivity index (χ1n) is 5.96. The smallest absolute Gasteiger partial charge is 0.416 e. The van der Waals surface area contributed by atoms with Crippen molar-refractivity contribution in [3.8, 4) is 0 Å². The normalized spacial score (nSPS) is 12.3. The summed E-state index contributed by atoms with van der Waals surface area (Å²) in [6.45, 7) is -0.136. The highest BCUT2D eigenvalue weighted by atomic mass is 32.2. The SMILES string of the molecule is O=C(O)CCCNS(=O)(=O)Cc1ccccc1C(F)(F)F. The summed E-state index contributed by atoms with van der Waals surface area (Å²) < 4.78 is 63.7. The van der Waals surface area contributed by atoms with Crippen molar-refractivity contribution < 1.29 is 31.5 Å². The lowest BCUT2D eigenvalue weighted by atomic mass is 10.1. The molecule has 1 aromatic carbocycles. The molecule has 0 unspecified atom stereocenters. The molecule has 1 aromatic rings. The van der Waals surface area contributed by atoms with Gasteiger partial charge in [-0.05, 0) is 18.1 Å². The molecule has 0 saturated heterocycles. The topological polar surface area (TPSA) is 83.5 Å². The Balaban J connectivity index is 2.74. The van der Waals surface area contributed by atoms with Gasteiger partial charge in [0.2, 0.25) is 10.0 Å². The fraction of sp³-hybridized carbons (Fsp3) is 0.417. The van der Waals surface area contributed by atoms with Gasteiger partial charge in [0.05, 0.1) is 11.3 Å². The minimum absolute atomic E-state index is 0.0650. The molecule has 0 aliphatic rings. The fourth-order valence-electron chi connectivity index (χ4n) is 1.65. The van der Waals surface area contributed by atoms with E-state index in [1.54, 1.807) is 0 Å². The molecular formula is C12H14F3NO4S. The lowest BCUT2D eigenvalue weighted by molar-refractivity contribution is -0.138. The van der Waals surface area contributed by atoms with Gasteiger partial charge in [-0.1, -0.05) is 18.2 Å². The van der Waals surface area contributed by atoms with Crippen molar-refractivity contribution in [1.29, 1.82) is 0 Å². The molecule has 0 aromatic heterocycles. The van der Waals surface area contributed by atoms with Crippen molar-refractivity contribution in [2.24, 2.45) is 0 Å². The molecule has 0 aliphatic heterocycles. The first kappa shape index (κ1) is 17.4. The number of nitrogens with one attached hydrogen (secondary N) is 1. The number of sulfonamides is 1. The lowest BCUT2D eigenvalue weighted by Crippen LogP contribution is -2.27. The zero-order valence-corrected chi connectivity index (χ0v) is 11.7. The van der Waals surface area contributed by atoms with Crippen LogP contribution in [-0.4, -0.2) is 26.0 Å². The van der Waals surface area contributed by atoms with Crippen LogP contribution in [-0.2, 0) is 26.7 Å². The number of carboxylic acids is 1. The second-order valence-corrected chi connectivity index (χ2v) is 6.11. The summed E-state index contributed by atoms with van der Waals surface area (Å²) in [5.74, 6) is -1.88. The van der Waals surface area contributed by atoms with Gasteiger partial charge in [0.1, 0.15) is 0 Å². The molecule has 0 fully saturated rings. The number of aliphatic carboxylic acids is 1. The molecule has 0 saturated carbocycles. The molecule has 0 heterocycles. The van der Waals surface area contributed by atoms with Gasteiger partial charge in [-0.25, -0.2) is 13.1 Å². The quantitative estimate of drug-likeness (QED) is 0.751. The number of halogens is 3. The van der Waals surface area contributed by atoms with E-state index in [1.165, 1.54) is 12.1 Å². The summed E-state index contributed by atoms with van der Waals surface area (Å²) in [5, 5.41) is 8.40. The second kappa shape index (κ2) is 6.90. The largest absolute Gasteiger partial charge is 0.481 e. The molecule has 21 heavy (non-hydrogen) atoms. The summed E-state index contributed by atoms with van der Waals surface area (Å²) in [6, 6.07) is 4.42. The first-order chi connectivity index (χ1) is 9.62. The van der Waals surface area contributed by atoms with Crippen LogP contribution in [0.15, 0.2) is 24.3 Å². The van der Waals surface area contributed by atoms with Gasteiger partial charge in [-0.15, -0.1) is 0 Å². The van der Waals surface area contributed by atoms with E-state index in [0.29, 0.717) is 0 Å². The van der Waals surface area contributed by atoms with E-state index >= 15 is 0 Å². The van der Waals surface area contributed by atoms with Crippen LogP contribution in [0.2, 0.25) is 0 Å². The average molecular weight is 325 g/mol. The Morgan fingerprint density at radius 2 is 1.86 bits per heavy atom. The summed E-state index contributed by atoms with van der Waals surface area (Å²) in [7, 11) is -3.96. The molecule has 118 valence electrons. The Morgan fingerprint density at radius 1 is 1.24 bits per heavy atom. The van der Waals surface area contributed by atoms with Gasteiger partial charge in [0.25, 0.3) is 0 Å². The monoisotopic (exact) mass is 325 g/mol. The summed E-state index contributed by atoms with van der Waals surface area (Å²) in [5.41, 5.74) is -1.35. The van der Waals surface area contributed by atoms with Gasteiger partial charge in [0.15, 0.2) is 0 Å². The van der Waals surface area contributed by atoms with Crippen LogP contribution in [0.25, 0.3) is 0 Å². The Labute approximate surface area is 119 Å². The molecule has 0 atom stereocenters. The standard InChI is InChI=1S/C12H14F3NO4S/c13-12(14,15)10-5-2-1-4-9(10)8-21(19,20)16-7-3-6-11(17)18/h1-2,4-5,16H,3,6-8H2,(H,17,18). The predicted octanol–water partition coefficient (Wildman–Crippen LogP) is 1.99. The molecule has 9 heteroatoms. The van der Waals surface area contributed by atoms with Crippen LogP contribution < -0.4 is 4.72 Å². The zero-order valence-electron chi connectivity index (χ0n) is 10.9. The molecule has 5 nitrogen and oxygen atoms in total. The highest BCUT2D eigenvalue weighted by molar-refractivity contribution is 7.88. The van der Waals surface area contributed by atoms with E-state index in [-0.39, 0.29) is 24.9 Å². The van der Waals surface area contributed by atoms with Gasteiger partial charge in [-0.3, -0.25) is 4.79 Å². The van der Waals surface area contributed by atoms with Crippen molar-refractivity contribution >= 4 is 16.0 Å². The van der Waals surface area contributed by atoms with Crippen LogP contribution in [0.1, 0.15) is 24.0 Å². The molecule has 0 aliphatic carbocycles. The lowest BCUT2D eigenvalue weighted by Gasteiger charge is -2.13. The van der Waals surface area contributed by atoms with Gasteiger partial charge >= 0.3 is 12.1 Å². The van der Waals surface area contributed by atoms with E-state index in [4.69, 9.17) is 5.11 Å². The number of hydrogen-bond donors (Lipinski definition) is 2. The Bertz CT molecular complexity index is 599. The third-order valence-electron chi connectivity index (χ3n) is 2.56. The molecule has 0 radical (unpaired) electrons. The maximum atomic E-state index is 12.7. The average Bonchev–Trinajstić information content (AvgIpc) is 2.33. The van der Waals surface area contributed by atoms with Crippen LogP contribution in [0, 0.1) is 0 Å². The van der Waals surface area contributed by atoms with Crippen molar-refractivity contribution in [1.82, 2.24) is 4.72 Å². The molecule has 0 amide bonds. The van der Waals surface area contributed by atoms with E-state index in [0.717, 1.165) is 12.1 Å². The number of benzene rings is 1. The second-order valence-electron chi connectivity index (χ2n) is 4.31. The van der Waals surface area contributed by atoms with Gasteiger partial charge in [-0.2, -0.15) is 13.2 Å². The van der Waals surface area contributed by atoms with Crippen molar-refractivity contribution in [2.75, 3.05) is 6.54 Å². The minimum Gasteiger partial charge on any atom is -0.481 e. The molecule has 0 bridgehead atoms. The summed E-state index contributed by atoms with van der Waals surface area (Å²) in [6.07, 6.45) is -4.79. The number of hydrogen-bond acceptors (Lipinski definition) is 3. The van der Waals surface area contributed by atoms with Crippen molar-refractivity contribution in [3.05, 3.63) is 35.4 Å².